The Labute approximate surface area is 104 Å². The molecule has 0 aliphatic carbocycles. The maximum Gasteiger partial charge on any atom is 0.0101 e. The first-order valence-electron chi connectivity index (χ1n) is 6.09. The van der Waals surface area contributed by atoms with Crippen molar-refractivity contribution in [2.45, 2.75) is 44.0 Å². The minimum atomic E-state index is 0.656. The summed E-state index contributed by atoms with van der Waals surface area (Å²) < 4.78 is 0. The van der Waals surface area contributed by atoms with E-state index in [2.05, 4.69) is 43.4 Å². The minimum Gasteiger partial charge on any atom is -0.317 e. The summed E-state index contributed by atoms with van der Waals surface area (Å²) in [6.07, 6.45) is 3.91. The number of nitrogens with one attached hydrogen (secondary N) is 1. The van der Waals surface area contributed by atoms with E-state index in [1.54, 1.807) is 0 Å². The van der Waals surface area contributed by atoms with Crippen molar-refractivity contribution in [1.82, 2.24) is 5.32 Å². The van der Waals surface area contributed by atoms with E-state index < -0.39 is 0 Å². The molecular weight excluding hydrogens is 214 g/mol. The summed E-state index contributed by atoms with van der Waals surface area (Å²) in [4.78, 5) is 1.43. The smallest absolute Gasteiger partial charge is 0.0101 e. The van der Waals surface area contributed by atoms with Crippen LogP contribution in [-0.2, 0) is 0 Å². The van der Waals surface area contributed by atoms with Crippen LogP contribution in [0.4, 0.5) is 0 Å². The maximum atomic E-state index is 3.28. The van der Waals surface area contributed by atoms with Crippen LogP contribution >= 0.6 is 11.8 Å². The van der Waals surface area contributed by atoms with Gasteiger partial charge in [0.25, 0.3) is 0 Å². The molecule has 1 unspecified atom stereocenters. The van der Waals surface area contributed by atoms with E-state index >= 15 is 0 Å². The molecular formula is C14H23NS. The SMILES string of the molecule is CNC(C)CCCCSc1ccccc1C. The predicted molar refractivity (Wildman–Crippen MR) is 74.3 cm³/mol. The zero-order valence-corrected chi connectivity index (χ0v) is 11.4. The third kappa shape index (κ3) is 5.04. The van der Waals surface area contributed by atoms with Gasteiger partial charge >= 0.3 is 0 Å². The van der Waals surface area contributed by atoms with Gasteiger partial charge in [-0.25, -0.2) is 0 Å². The van der Waals surface area contributed by atoms with Gasteiger partial charge in [0.05, 0.1) is 0 Å². The number of hydrogen-bond acceptors (Lipinski definition) is 2. The summed E-state index contributed by atoms with van der Waals surface area (Å²) in [6.45, 7) is 4.43. The molecule has 0 radical (unpaired) electrons. The van der Waals surface area contributed by atoms with Crippen LogP contribution in [0.1, 0.15) is 31.7 Å². The molecule has 1 aromatic rings. The molecule has 0 saturated carbocycles. The Morgan fingerprint density at radius 1 is 1.25 bits per heavy atom. The molecule has 1 N–H and O–H groups in total. The van der Waals surface area contributed by atoms with Crippen LogP contribution in [0.2, 0.25) is 0 Å². The highest BCUT2D eigenvalue weighted by Gasteiger charge is 1.99. The highest BCUT2D eigenvalue weighted by molar-refractivity contribution is 7.99. The first-order valence-corrected chi connectivity index (χ1v) is 7.08. The van der Waals surface area contributed by atoms with Gasteiger partial charge in [0.1, 0.15) is 0 Å². The Balaban J connectivity index is 2.14. The standard InChI is InChI=1S/C14H23NS/c1-12-8-4-5-10-14(12)16-11-7-6-9-13(2)15-3/h4-5,8,10,13,15H,6-7,9,11H2,1-3H3. The third-order valence-corrected chi connectivity index (χ3v) is 4.14. The summed E-state index contributed by atoms with van der Waals surface area (Å²) in [7, 11) is 2.03. The summed E-state index contributed by atoms with van der Waals surface area (Å²) in [6, 6.07) is 9.29. The van der Waals surface area contributed by atoms with Crippen LogP contribution in [-0.4, -0.2) is 18.8 Å². The molecule has 0 heterocycles. The normalized spacial score (nSPS) is 12.7. The van der Waals surface area contributed by atoms with Crippen molar-refractivity contribution < 1.29 is 0 Å². The van der Waals surface area contributed by atoms with Crippen molar-refractivity contribution in [2.75, 3.05) is 12.8 Å². The van der Waals surface area contributed by atoms with E-state index in [0.29, 0.717) is 6.04 Å². The Bertz CT molecular complexity index is 299. The fourth-order valence-electron chi connectivity index (χ4n) is 1.60. The summed E-state index contributed by atoms with van der Waals surface area (Å²) >= 11 is 1.99. The number of aryl methyl sites for hydroxylation is 1. The molecule has 1 atom stereocenters. The number of benzene rings is 1. The van der Waals surface area contributed by atoms with Gasteiger partial charge in [-0.05, 0) is 51.1 Å². The van der Waals surface area contributed by atoms with E-state index in [1.165, 1.54) is 35.5 Å². The average Bonchev–Trinajstić information content (AvgIpc) is 2.30. The van der Waals surface area contributed by atoms with Gasteiger partial charge in [0.15, 0.2) is 0 Å². The molecule has 0 aromatic heterocycles. The van der Waals surface area contributed by atoms with E-state index in [-0.39, 0.29) is 0 Å². The van der Waals surface area contributed by atoms with Crippen molar-refractivity contribution in [3.8, 4) is 0 Å². The van der Waals surface area contributed by atoms with E-state index in [0.717, 1.165) is 0 Å². The Kier molecular flexibility index (Phi) is 6.58. The molecule has 1 rings (SSSR count). The van der Waals surface area contributed by atoms with Gasteiger partial charge in [0.2, 0.25) is 0 Å². The van der Waals surface area contributed by atoms with Crippen molar-refractivity contribution >= 4 is 11.8 Å². The van der Waals surface area contributed by atoms with Gasteiger partial charge in [-0.1, -0.05) is 24.6 Å². The lowest BCUT2D eigenvalue weighted by molar-refractivity contribution is 0.539. The van der Waals surface area contributed by atoms with Crippen LogP contribution in [0.15, 0.2) is 29.2 Å². The van der Waals surface area contributed by atoms with Gasteiger partial charge in [0, 0.05) is 10.9 Å². The Morgan fingerprint density at radius 2 is 2.00 bits per heavy atom. The van der Waals surface area contributed by atoms with E-state index in [9.17, 15) is 0 Å². The molecule has 1 nitrogen and oxygen atoms in total. The van der Waals surface area contributed by atoms with Crippen LogP contribution in [0.25, 0.3) is 0 Å². The van der Waals surface area contributed by atoms with Crippen LogP contribution in [0, 0.1) is 6.92 Å². The monoisotopic (exact) mass is 237 g/mol. The molecule has 0 fully saturated rings. The summed E-state index contributed by atoms with van der Waals surface area (Å²) in [5.74, 6) is 1.24. The van der Waals surface area contributed by atoms with E-state index in [1.807, 2.05) is 18.8 Å². The molecule has 0 bridgehead atoms. The van der Waals surface area contributed by atoms with Gasteiger partial charge in [-0.15, -0.1) is 11.8 Å². The molecule has 0 amide bonds. The molecule has 90 valence electrons. The Hall–Kier alpha value is -0.470. The number of unbranched alkanes of at least 4 members (excludes halogenated alkanes) is 1. The molecule has 2 heteroatoms. The quantitative estimate of drug-likeness (QED) is 0.571. The van der Waals surface area contributed by atoms with Crippen LogP contribution < -0.4 is 5.32 Å². The Morgan fingerprint density at radius 3 is 2.69 bits per heavy atom. The fourth-order valence-corrected chi connectivity index (χ4v) is 2.64. The predicted octanol–water partition coefficient (Wildman–Crippen LogP) is 3.87. The van der Waals surface area contributed by atoms with Crippen molar-refractivity contribution in [1.29, 1.82) is 0 Å². The lowest BCUT2D eigenvalue weighted by Gasteiger charge is -2.09. The summed E-state index contributed by atoms with van der Waals surface area (Å²) in [5.41, 5.74) is 1.40. The molecule has 0 aliphatic heterocycles. The number of rotatable bonds is 7. The van der Waals surface area contributed by atoms with Crippen molar-refractivity contribution in [2.24, 2.45) is 0 Å². The number of thioether (sulfide) groups is 1. The lowest BCUT2D eigenvalue weighted by atomic mass is 10.1. The molecule has 0 saturated heterocycles. The second-order valence-corrected chi connectivity index (χ2v) is 5.44. The number of hydrogen-bond donors (Lipinski definition) is 1. The van der Waals surface area contributed by atoms with Gasteiger partial charge in [-0.2, -0.15) is 0 Å². The minimum absolute atomic E-state index is 0.656. The summed E-state index contributed by atoms with van der Waals surface area (Å²) in [5, 5.41) is 3.28. The van der Waals surface area contributed by atoms with Crippen molar-refractivity contribution in [3.05, 3.63) is 29.8 Å². The zero-order chi connectivity index (χ0) is 11.8. The second-order valence-electron chi connectivity index (χ2n) is 4.30. The van der Waals surface area contributed by atoms with Crippen LogP contribution in [0.3, 0.4) is 0 Å². The van der Waals surface area contributed by atoms with Gasteiger partial charge in [-0.3, -0.25) is 0 Å². The molecule has 0 aliphatic rings. The first-order chi connectivity index (χ1) is 7.74. The molecule has 16 heavy (non-hydrogen) atoms. The molecule has 1 aromatic carbocycles. The maximum absolute atomic E-state index is 3.28. The lowest BCUT2D eigenvalue weighted by Crippen LogP contribution is -2.20. The average molecular weight is 237 g/mol. The third-order valence-electron chi connectivity index (χ3n) is 2.88. The highest BCUT2D eigenvalue weighted by Crippen LogP contribution is 2.23. The zero-order valence-electron chi connectivity index (χ0n) is 10.6. The van der Waals surface area contributed by atoms with Crippen LogP contribution in [0.5, 0.6) is 0 Å². The highest BCUT2D eigenvalue weighted by atomic mass is 32.2. The van der Waals surface area contributed by atoms with Crippen molar-refractivity contribution in [3.63, 3.8) is 0 Å². The largest absolute Gasteiger partial charge is 0.317 e. The molecule has 0 spiro atoms. The fraction of sp³-hybridized carbons (Fsp3) is 0.571. The second kappa shape index (κ2) is 7.75. The topological polar surface area (TPSA) is 12.0 Å². The van der Waals surface area contributed by atoms with Gasteiger partial charge < -0.3 is 5.32 Å². The first kappa shape index (κ1) is 13.6. The van der Waals surface area contributed by atoms with E-state index in [4.69, 9.17) is 0 Å².